The van der Waals surface area contributed by atoms with E-state index >= 15 is 0 Å². The van der Waals surface area contributed by atoms with Crippen molar-refractivity contribution in [1.82, 2.24) is 0 Å². The van der Waals surface area contributed by atoms with Gasteiger partial charge in [0.2, 0.25) is 0 Å². The summed E-state index contributed by atoms with van der Waals surface area (Å²) in [5.41, 5.74) is 3.21. The van der Waals surface area contributed by atoms with E-state index in [4.69, 9.17) is 4.42 Å². The normalized spacial score (nSPS) is 10.5. The summed E-state index contributed by atoms with van der Waals surface area (Å²) < 4.78 is 5.60. The van der Waals surface area contributed by atoms with Crippen molar-refractivity contribution in [2.24, 2.45) is 0 Å². The fraction of sp³-hybridized carbons (Fsp3) is 0. The second-order valence-corrected chi connectivity index (χ2v) is 3.74. The topological polar surface area (TPSA) is 11.3 Å². The zero-order chi connectivity index (χ0) is 10.8. The van der Waals surface area contributed by atoms with Crippen molar-refractivity contribution >= 4 is 11.0 Å². The Bertz CT molecular complexity index is 614. The van der Waals surface area contributed by atoms with Gasteiger partial charge in [0.25, 0.3) is 0 Å². The summed E-state index contributed by atoms with van der Waals surface area (Å²) in [6.07, 6.45) is 1.80. The lowest BCUT2D eigenvalue weighted by Crippen LogP contribution is -1.77. The molecular weight excluding hydrogens is 196 g/mol. The molecule has 0 unspecified atom stereocenters. The lowest BCUT2D eigenvalue weighted by molar-refractivity contribution is 0.606. The Balaban J connectivity index is 2.19. The Hall–Kier alpha value is -2.15. The second-order valence-electron chi connectivity index (χ2n) is 3.74. The minimum absolute atomic E-state index is 0.919. The standard InChI is InChI=1S/C15H11O/c1-2-6-12(7-3-1)14-10-13-8-4-5-9-15(13)16-11-14/h1-11H/q+1. The molecule has 3 rings (SSSR count). The molecule has 0 radical (unpaired) electrons. The summed E-state index contributed by atoms with van der Waals surface area (Å²) >= 11 is 0. The van der Waals surface area contributed by atoms with E-state index in [0.717, 1.165) is 16.5 Å². The maximum atomic E-state index is 5.60. The number of hydrogen-bond acceptors (Lipinski definition) is 0. The Morgan fingerprint density at radius 2 is 1.44 bits per heavy atom. The van der Waals surface area contributed by atoms with E-state index < -0.39 is 0 Å². The number of hydrogen-bond donors (Lipinski definition) is 0. The molecule has 0 saturated carbocycles. The van der Waals surface area contributed by atoms with Gasteiger partial charge in [-0.15, -0.1) is 0 Å². The summed E-state index contributed by atoms with van der Waals surface area (Å²) in [5.74, 6) is 0. The third-order valence-corrected chi connectivity index (χ3v) is 2.65. The van der Waals surface area contributed by atoms with Crippen molar-refractivity contribution in [2.75, 3.05) is 0 Å². The summed E-state index contributed by atoms with van der Waals surface area (Å²) in [6, 6.07) is 20.4. The highest BCUT2D eigenvalue weighted by Gasteiger charge is 2.08. The van der Waals surface area contributed by atoms with Crippen LogP contribution in [-0.2, 0) is 0 Å². The number of para-hydroxylation sites is 1. The first-order valence-corrected chi connectivity index (χ1v) is 5.29. The zero-order valence-electron chi connectivity index (χ0n) is 8.76. The Labute approximate surface area is 94.0 Å². The van der Waals surface area contributed by atoms with Crippen LogP contribution in [0.2, 0.25) is 0 Å². The molecule has 1 aromatic heterocycles. The molecule has 2 aromatic carbocycles. The minimum atomic E-state index is 0.919. The maximum absolute atomic E-state index is 5.60. The molecule has 0 aliphatic rings. The summed E-state index contributed by atoms with van der Waals surface area (Å²) in [6.45, 7) is 0. The van der Waals surface area contributed by atoms with Gasteiger partial charge < -0.3 is 0 Å². The molecule has 0 atom stereocenters. The first-order chi connectivity index (χ1) is 7.93. The van der Waals surface area contributed by atoms with E-state index in [9.17, 15) is 0 Å². The molecule has 0 saturated heterocycles. The largest absolute Gasteiger partial charge is 0.359 e. The Kier molecular flexibility index (Phi) is 2.15. The minimum Gasteiger partial charge on any atom is -0.215 e. The van der Waals surface area contributed by atoms with Crippen LogP contribution in [0.25, 0.3) is 22.1 Å². The van der Waals surface area contributed by atoms with Gasteiger partial charge in [0, 0.05) is 6.07 Å². The van der Waals surface area contributed by atoms with Gasteiger partial charge in [-0.2, -0.15) is 0 Å². The molecule has 0 fully saturated rings. The van der Waals surface area contributed by atoms with Gasteiger partial charge in [-0.1, -0.05) is 42.5 Å². The Morgan fingerprint density at radius 3 is 2.31 bits per heavy atom. The number of rotatable bonds is 1. The molecule has 3 aromatic rings. The van der Waals surface area contributed by atoms with Gasteiger partial charge >= 0.3 is 11.8 Å². The highest BCUT2D eigenvalue weighted by Crippen LogP contribution is 2.23. The molecule has 0 aliphatic heterocycles. The predicted molar refractivity (Wildman–Crippen MR) is 66.1 cm³/mol. The van der Waals surface area contributed by atoms with Crippen LogP contribution in [0.5, 0.6) is 0 Å². The van der Waals surface area contributed by atoms with E-state index in [0.29, 0.717) is 0 Å². The van der Waals surface area contributed by atoms with Crippen molar-refractivity contribution in [3.8, 4) is 11.1 Å². The monoisotopic (exact) mass is 207 g/mol. The van der Waals surface area contributed by atoms with Crippen LogP contribution in [0.4, 0.5) is 0 Å². The van der Waals surface area contributed by atoms with Gasteiger partial charge in [-0.3, -0.25) is 0 Å². The summed E-state index contributed by atoms with van der Waals surface area (Å²) in [4.78, 5) is 0. The van der Waals surface area contributed by atoms with E-state index in [1.54, 1.807) is 6.26 Å². The van der Waals surface area contributed by atoms with E-state index in [1.807, 2.05) is 36.4 Å². The van der Waals surface area contributed by atoms with Crippen LogP contribution in [0, 0.1) is 0 Å². The van der Waals surface area contributed by atoms with Gasteiger partial charge in [0.1, 0.15) is 0 Å². The van der Waals surface area contributed by atoms with E-state index in [2.05, 4.69) is 24.3 Å². The van der Waals surface area contributed by atoms with Crippen LogP contribution in [0.3, 0.4) is 0 Å². The fourth-order valence-corrected chi connectivity index (χ4v) is 1.82. The summed E-state index contributed by atoms with van der Waals surface area (Å²) in [7, 11) is 0. The van der Waals surface area contributed by atoms with E-state index in [-0.39, 0.29) is 0 Å². The van der Waals surface area contributed by atoms with Gasteiger partial charge in [-0.05, 0) is 17.7 Å². The molecule has 0 N–H and O–H groups in total. The highest BCUT2D eigenvalue weighted by molar-refractivity contribution is 5.81. The molecule has 16 heavy (non-hydrogen) atoms. The van der Waals surface area contributed by atoms with Crippen LogP contribution < -0.4 is 0 Å². The first-order valence-electron chi connectivity index (χ1n) is 5.29. The second kappa shape index (κ2) is 3.78. The van der Waals surface area contributed by atoms with Crippen LogP contribution in [0.15, 0.2) is 71.3 Å². The first kappa shape index (κ1) is 9.10. The molecule has 0 spiro atoms. The molecule has 76 valence electrons. The molecular formula is C15H11O+. The van der Waals surface area contributed by atoms with Gasteiger partial charge in [0.15, 0.2) is 0 Å². The number of benzene rings is 2. The quantitative estimate of drug-likeness (QED) is 0.539. The lowest BCUT2D eigenvalue weighted by atomic mass is 10.1. The van der Waals surface area contributed by atoms with E-state index in [1.165, 1.54) is 5.56 Å². The van der Waals surface area contributed by atoms with Crippen molar-refractivity contribution in [2.45, 2.75) is 0 Å². The predicted octanol–water partition coefficient (Wildman–Crippen LogP) is 4.38. The Morgan fingerprint density at radius 1 is 0.688 bits per heavy atom. The van der Waals surface area contributed by atoms with Gasteiger partial charge in [-0.25, -0.2) is 4.42 Å². The molecule has 1 nitrogen and oxygen atoms in total. The maximum Gasteiger partial charge on any atom is 0.359 e. The third-order valence-electron chi connectivity index (χ3n) is 2.65. The average Bonchev–Trinajstić information content (AvgIpc) is 2.39. The van der Waals surface area contributed by atoms with Crippen molar-refractivity contribution in [3.05, 3.63) is 66.9 Å². The SMILES string of the molecule is c1ccc(-c2c[o+]c3ccccc3c2)cc1. The average molecular weight is 207 g/mol. The highest BCUT2D eigenvalue weighted by atomic mass is 16.3. The lowest BCUT2D eigenvalue weighted by Gasteiger charge is -1.96. The molecule has 0 amide bonds. The number of fused-ring (bicyclic) bond motifs is 1. The van der Waals surface area contributed by atoms with Crippen molar-refractivity contribution in [3.63, 3.8) is 0 Å². The van der Waals surface area contributed by atoms with Crippen molar-refractivity contribution in [1.29, 1.82) is 0 Å². The zero-order valence-corrected chi connectivity index (χ0v) is 8.76. The van der Waals surface area contributed by atoms with Gasteiger partial charge in [0.05, 0.1) is 10.9 Å². The summed E-state index contributed by atoms with van der Waals surface area (Å²) in [5, 5.41) is 1.13. The van der Waals surface area contributed by atoms with Crippen LogP contribution in [0.1, 0.15) is 0 Å². The fourth-order valence-electron chi connectivity index (χ4n) is 1.82. The molecule has 0 bridgehead atoms. The molecule has 0 aliphatic carbocycles. The van der Waals surface area contributed by atoms with Crippen LogP contribution in [-0.4, -0.2) is 0 Å². The molecule has 1 heteroatoms. The third kappa shape index (κ3) is 1.57. The van der Waals surface area contributed by atoms with Crippen LogP contribution >= 0.6 is 0 Å². The smallest absolute Gasteiger partial charge is 0.215 e. The van der Waals surface area contributed by atoms with Crippen molar-refractivity contribution < 1.29 is 4.42 Å². The molecule has 1 heterocycles.